The fourth-order valence-corrected chi connectivity index (χ4v) is 5.00. The third-order valence-electron chi connectivity index (χ3n) is 6.33. The smallest absolute Gasteiger partial charge is 0.0685 e. The molecular formula is C17H31NO. The molecule has 3 unspecified atom stereocenters. The largest absolute Gasteiger partial charge is 0.375 e. The van der Waals surface area contributed by atoms with Gasteiger partial charge in [0.25, 0.3) is 0 Å². The molecule has 3 aliphatic rings. The van der Waals surface area contributed by atoms with Gasteiger partial charge in [0.15, 0.2) is 0 Å². The molecule has 110 valence electrons. The van der Waals surface area contributed by atoms with Gasteiger partial charge >= 0.3 is 0 Å². The van der Waals surface area contributed by atoms with Crippen molar-refractivity contribution in [3.8, 4) is 0 Å². The van der Waals surface area contributed by atoms with Gasteiger partial charge in [0.05, 0.1) is 5.60 Å². The van der Waals surface area contributed by atoms with E-state index in [1.54, 1.807) is 0 Å². The Morgan fingerprint density at radius 1 is 1.05 bits per heavy atom. The van der Waals surface area contributed by atoms with Crippen molar-refractivity contribution < 1.29 is 4.74 Å². The van der Waals surface area contributed by atoms with Crippen LogP contribution in [0.5, 0.6) is 0 Å². The maximum atomic E-state index is 6.83. The molecule has 0 amide bonds. The monoisotopic (exact) mass is 265 g/mol. The van der Waals surface area contributed by atoms with E-state index in [4.69, 9.17) is 10.5 Å². The van der Waals surface area contributed by atoms with Crippen LogP contribution in [0.4, 0.5) is 0 Å². The van der Waals surface area contributed by atoms with E-state index in [9.17, 15) is 0 Å². The topological polar surface area (TPSA) is 35.2 Å². The lowest BCUT2D eigenvalue weighted by Gasteiger charge is -2.48. The van der Waals surface area contributed by atoms with Crippen LogP contribution in [0.3, 0.4) is 0 Å². The van der Waals surface area contributed by atoms with E-state index in [0.717, 1.165) is 18.4 Å². The zero-order valence-corrected chi connectivity index (χ0v) is 12.6. The minimum atomic E-state index is 0.134. The van der Waals surface area contributed by atoms with Gasteiger partial charge in [0.1, 0.15) is 0 Å². The molecule has 2 aliphatic carbocycles. The average Bonchev–Trinajstić information content (AvgIpc) is 2.83. The molecule has 2 nitrogen and oxygen atoms in total. The molecule has 0 aromatic rings. The van der Waals surface area contributed by atoms with Gasteiger partial charge in [-0.25, -0.2) is 0 Å². The summed E-state index contributed by atoms with van der Waals surface area (Å²) in [5.41, 5.74) is 7.19. The molecule has 3 atom stereocenters. The highest BCUT2D eigenvalue weighted by molar-refractivity contribution is 5.03. The second kappa shape index (κ2) is 5.37. The zero-order valence-electron chi connectivity index (χ0n) is 12.6. The molecule has 2 saturated carbocycles. The normalized spacial score (nSPS) is 42.6. The molecule has 2 heteroatoms. The van der Waals surface area contributed by atoms with E-state index >= 15 is 0 Å². The van der Waals surface area contributed by atoms with Gasteiger partial charge in [-0.15, -0.1) is 0 Å². The molecule has 3 rings (SSSR count). The molecule has 0 aromatic heterocycles. The SMILES string of the molecule is CCC1CCC(N)(C2CCOC3(CCCCC3)C2)C1. The van der Waals surface area contributed by atoms with Crippen LogP contribution in [0.25, 0.3) is 0 Å². The Kier molecular flexibility index (Phi) is 3.92. The standard InChI is InChI=1S/C17H31NO/c1-2-14-6-10-17(18,12-14)15-7-11-19-16(13-15)8-4-3-5-9-16/h14-15H,2-13,18H2,1H3. The van der Waals surface area contributed by atoms with Crippen molar-refractivity contribution in [3.05, 3.63) is 0 Å². The Morgan fingerprint density at radius 3 is 2.53 bits per heavy atom. The summed E-state index contributed by atoms with van der Waals surface area (Å²) < 4.78 is 6.24. The van der Waals surface area contributed by atoms with E-state index in [-0.39, 0.29) is 11.1 Å². The van der Waals surface area contributed by atoms with Gasteiger partial charge in [-0.05, 0) is 56.8 Å². The van der Waals surface area contributed by atoms with E-state index < -0.39 is 0 Å². The molecule has 2 N–H and O–H groups in total. The molecule has 1 aliphatic heterocycles. The highest BCUT2D eigenvalue weighted by Crippen LogP contribution is 2.48. The van der Waals surface area contributed by atoms with Crippen molar-refractivity contribution in [1.29, 1.82) is 0 Å². The van der Waals surface area contributed by atoms with Crippen LogP contribution in [0, 0.1) is 11.8 Å². The predicted octanol–water partition coefficient (Wildman–Crippen LogP) is 4.02. The maximum absolute atomic E-state index is 6.83. The molecular weight excluding hydrogens is 234 g/mol. The second-order valence-electron chi connectivity index (χ2n) is 7.53. The van der Waals surface area contributed by atoms with Crippen LogP contribution in [-0.2, 0) is 4.74 Å². The van der Waals surface area contributed by atoms with Crippen LogP contribution < -0.4 is 5.73 Å². The Balaban J connectivity index is 1.68. The number of nitrogens with two attached hydrogens (primary N) is 1. The summed E-state index contributed by atoms with van der Waals surface area (Å²) in [5, 5.41) is 0. The summed E-state index contributed by atoms with van der Waals surface area (Å²) in [5.74, 6) is 1.60. The number of hydrogen-bond donors (Lipinski definition) is 1. The summed E-state index contributed by atoms with van der Waals surface area (Å²) in [7, 11) is 0. The Morgan fingerprint density at radius 2 is 1.84 bits per heavy atom. The first-order chi connectivity index (χ1) is 9.16. The quantitative estimate of drug-likeness (QED) is 0.818. The fraction of sp³-hybridized carbons (Fsp3) is 1.00. The molecule has 0 aromatic carbocycles. The van der Waals surface area contributed by atoms with Gasteiger partial charge in [0.2, 0.25) is 0 Å². The van der Waals surface area contributed by atoms with Crippen molar-refractivity contribution in [3.63, 3.8) is 0 Å². The zero-order chi connectivity index (χ0) is 13.3. The summed E-state index contributed by atoms with van der Waals surface area (Å²) >= 11 is 0. The fourth-order valence-electron chi connectivity index (χ4n) is 5.00. The van der Waals surface area contributed by atoms with E-state index in [2.05, 4.69) is 6.92 Å². The third kappa shape index (κ3) is 2.71. The highest BCUT2D eigenvalue weighted by Gasteiger charge is 2.47. The molecule has 19 heavy (non-hydrogen) atoms. The van der Waals surface area contributed by atoms with E-state index in [1.807, 2.05) is 0 Å². The van der Waals surface area contributed by atoms with Crippen molar-refractivity contribution in [2.24, 2.45) is 17.6 Å². The van der Waals surface area contributed by atoms with Crippen LogP contribution in [0.15, 0.2) is 0 Å². The first-order valence-corrected chi connectivity index (χ1v) is 8.59. The molecule has 1 saturated heterocycles. The molecule has 3 fully saturated rings. The Hall–Kier alpha value is -0.0800. The maximum Gasteiger partial charge on any atom is 0.0685 e. The van der Waals surface area contributed by atoms with E-state index in [1.165, 1.54) is 70.6 Å². The summed E-state index contributed by atoms with van der Waals surface area (Å²) in [6.07, 6.45) is 14.4. The van der Waals surface area contributed by atoms with Gasteiger partial charge in [-0.3, -0.25) is 0 Å². The number of hydrogen-bond acceptors (Lipinski definition) is 2. The minimum absolute atomic E-state index is 0.134. The van der Waals surface area contributed by atoms with Crippen molar-refractivity contribution in [1.82, 2.24) is 0 Å². The summed E-state index contributed by atoms with van der Waals surface area (Å²) in [4.78, 5) is 0. The lowest BCUT2D eigenvalue weighted by atomic mass is 9.69. The van der Waals surface area contributed by atoms with Crippen molar-refractivity contribution in [2.45, 2.75) is 88.7 Å². The summed E-state index contributed by atoms with van der Waals surface area (Å²) in [6, 6.07) is 0. The van der Waals surface area contributed by atoms with Crippen LogP contribution in [-0.4, -0.2) is 17.7 Å². The van der Waals surface area contributed by atoms with Gasteiger partial charge in [-0.2, -0.15) is 0 Å². The lowest BCUT2D eigenvalue weighted by Crippen LogP contribution is -2.52. The molecule has 0 bridgehead atoms. The Bertz CT molecular complexity index is 305. The van der Waals surface area contributed by atoms with Gasteiger partial charge < -0.3 is 10.5 Å². The van der Waals surface area contributed by atoms with E-state index in [0.29, 0.717) is 0 Å². The average molecular weight is 265 g/mol. The second-order valence-corrected chi connectivity index (χ2v) is 7.53. The van der Waals surface area contributed by atoms with Crippen molar-refractivity contribution in [2.75, 3.05) is 6.61 Å². The Labute approximate surface area is 118 Å². The minimum Gasteiger partial charge on any atom is -0.375 e. The van der Waals surface area contributed by atoms with Gasteiger partial charge in [-0.1, -0.05) is 32.6 Å². The third-order valence-corrected chi connectivity index (χ3v) is 6.33. The van der Waals surface area contributed by atoms with Crippen LogP contribution in [0.2, 0.25) is 0 Å². The van der Waals surface area contributed by atoms with Crippen LogP contribution in [0.1, 0.15) is 77.6 Å². The summed E-state index contributed by atoms with van der Waals surface area (Å²) in [6.45, 7) is 3.28. The van der Waals surface area contributed by atoms with Crippen molar-refractivity contribution >= 4 is 0 Å². The number of rotatable bonds is 2. The van der Waals surface area contributed by atoms with Gasteiger partial charge in [0, 0.05) is 12.1 Å². The molecule has 0 radical (unpaired) electrons. The molecule has 1 spiro atoms. The lowest BCUT2D eigenvalue weighted by molar-refractivity contribution is -0.127. The molecule has 1 heterocycles. The predicted molar refractivity (Wildman–Crippen MR) is 79.0 cm³/mol. The first-order valence-electron chi connectivity index (χ1n) is 8.59. The number of ether oxygens (including phenoxy) is 1. The first kappa shape index (κ1) is 13.9. The highest BCUT2D eigenvalue weighted by atomic mass is 16.5. The van der Waals surface area contributed by atoms with Crippen LogP contribution >= 0.6 is 0 Å².